The number of carbonyl (C=O) groups excluding carboxylic acids is 1. The number of pyridine rings is 1. The first kappa shape index (κ1) is 16.1. The molecule has 6 nitrogen and oxygen atoms in total. The fourth-order valence-corrected chi connectivity index (χ4v) is 2.18. The van der Waals surface area contributed by atoms with E-state index in [2.05, 4.69) is 15.6 Å². The van der Waals surface area contributed by atoms with Crippen molar-refractivity contribution in [2.45, 2.75) is 12.8 Å². The summed E-state index contributed by atoms with van der Waals surface area (Å²) in [5.41, 5.74) is 0.729. The third-order valence-corrected chi connectivity index (χ3v) is 3.72. The van der Waals surface area contributed by atoms with E-state index in [0.29, 0.717) is 13.2 Å². The molecule has 1 aromatic heterocycles. The summed E-state index contributed by atoms with van der Waals surface area (Å²) in [5, 5.41) is 6.04. The molecule has 1 saturated carbocycles. The smallest absolute Gasteiger partial charge is 0.227 e. The molecule has 0 aliphatic heterocycles. The molecule has 0 unspecified atom stereocenters. The molecule has 3 rings (SSSR count). The van der Waals surface area contributed by atoms with E-state index in [0.717, 1.165) is 35.8 Å². The van der Waals surface area contributed by atoms with Gasteiger partial charge >= 0.3 is 0 Å². The number of hydrogen-bond acceptors (Lipinski definition) is 5. The molecule has 1 heterocycles. The summed E-state index contributed by atoms with van der Waals surface area (Å²) in [5.74, 6) is 2.63. The van der Waals surface area contributed by atoms with Gasteiger partial charge in [-0.2, -0.15) is 0 Å². The number of amides is 1. The van der Waals surface area contributed by atoms with E-state index in [4.69, 9.17) is 9.47 Å². The van der Waals surface area contributed by atoms with Crippen molar-refractivity contribution in [3.8, 4) is 11.5 Å². The SMILES string of the molecule is COc1ccc(OCCNc2ccc(NC(=O)C3CC3)cn2)cc1. The molecule has 1 aromatic carbocycles. The van der Waals surface area contributed by atoms with E-state index in [1.807, 2.05) is 36.4 Å². The van der Waals surface area contributed by atoms with Gasteiger partial charge in [0.15, 0.2) is 0 Å². The minimum Gasteiger partial charge on any atom is -0.497 e. The number of benzene rings is 1. The van der Waals surface area contributed by atoms with Crippen molar-refractivity contribution < 1.29 is 14.3 Å². The van der Waals surface area contributed by atoms with Gasteiger partial charge in [-0.15, -0.1) is 0 Å². The molecular weight excluding hydrogens is 306 g/mol. The largest absolute Gasteiger partial charge is 0.497 e. The van der Waals surface area contributed by atoms with Crippen LogP contribution in [-0.4, -0.2) is 31.2 Å². The number of ether oxygens (including phenoxy) is 2. The summed E-state index contributed by atoms with van der Waals surface area (Å²) < 4.78 is 10.7. The second-order valence-corrected chi connectivity index (χ2v) is 5.65. The molecule has 126 valence electrons. The van der Waals surface area contributed by atoms with E-state index in [9.17, 15) is 4.79 Å². The Labute approximate surface area is 141 Å². The average molecular weight is 327 g/mol. The van der Waals surface area contributed by atoms with Crippen LogP contribution in [0.2, 0.25) is 0 Å². The molecule has 0 radical (unpaired) electrons. The average Bonchev–Trinajstić information content (AvgIpc) is 3.46. The molecule has 6 heteroatoms. The summed E-state index contributed by atoms with van der Waals surface area (Å²) in [7, 11) is 1.63. The van der Waals surface area contributed by atoms with E-state index in [1.165, 1.54) is 0 Å². The Kier molecular flexibility index (Phi) is 5.15. The third-order valence-electron chi connectivity index (χ3n) is 3.72. The standard InChI is InChI=1S/C18H21N3O3/c1-23-15-5-7-16(8-6-15)24-11-10-19-17-9-4-14(12-20-17)21-18(22)13-2-3-13/h4-9,12-13H,2-3,10-11H2,1H3,(H,19,20)(H,21,22). The molecule has 0 atom stereocenters. The molecule has 1 aliphatic carbocycles. The van der Waals surface area contributed by atoms with Crippen molar-refractivity contribution in [3.05, 3.63) is 42.6 Å². The topological polar surface area (TPSA) is 72.5 Å². The monoisotopic (exact) mass is 327 g/mol. The fourth-order valence-electron chi connectivity index (χ4n) is 2.18. The highest BCUT2D eigenvalue weighted by Gasteiger charge is 2.29. The van der Waals surface area contributed by atoms with Gasteiger partial charge < -0.3 is 20.1 Å². The quantitative estimate of drug-likeness (QED) is 0.729. The van der Waals surface area contributed by atoms with Crippen LogP contribution in [0, 0.1) is 5.92 Å². The first-order chi connectivity index (χ1) is 11.7. The maximum absolute atomic E-state index is 11.7. The Hall–Kier alpha value is -2.76. The van der Waals surface area contributed by atoms with Crippen LogP contribution in [-0.2, 0) is 4.79 Å². The highest BCUT2D eigenvalue weighted by atomic mass is 16.5. The second-order valence-electron chi connectivity index (χ2n) is 5.65. The normalized spacial score (nSPS) is 13.2. The lowest BCUT2D eigenvalue weighted by Crippen LogP contribution is -2.14. The fraction of sp³-hybridized carbons (Fsp3) is 0.333. The number of anilines is 2. The Morgan fingerprint density at radius 2 is 1.92 bits per heavy atom. The van der Waals surface area contributed by atoms with Crippen molar-refractivity contribution in [2.24, 2.45) is 5.92 Å². The Bertz CT molecular complexity index is 667. The summed E-state index contributed by atoms with van der Waals surface area (Å²) in [6.45, 7) is 1.15. The Morgan fingerprint density at radius 1 is 1.17 bits per heavy atom. The summed E-state index contributed by atoms with van der Waals surface area (Å²) in [4.78, 5) is 15.9. The number of rotatable bonds is 8. The first-order valence-electron chi connectivity index (χ1n) is 8.02. The van der Waals surface area contributed by atoms with Crippen LogP contribution in [0.1, 0.15) is 12.8 Å². The zero-order valence-corrected chi connectivity index (χ0v) is 13.6. The maximum Gasteiger partial charge on any atom is 0.227 e. The van der Waals surface area contributed by atoms with Crippen molar-refractivity contribution in [2.75, 3.05) is 30.9 Å². The predicted octanol–water partition coefficient (Wildman–Crippen LogP) is 2.93. The van der Waals surface area contributed by atoms with Gasteiger partial charge in [-0.05, 0) is 49.2 Å². The lowest BCUT2D eigenvalue weighted by atomic mass is 10.3. The van der Waals surface area contributed by atoms with Crippen molar-refractivity contribution in [1.29, 1.82) is 0 Å². The van der Waals surface area contributed by atoms with E-state index in [-0.39, 0.29) is 11.8 Å². The van der Waals surface area contributed by atoms with Gasteiger partial charge in [0.25, 0.3) is 0 Å². The van der Waals surface area contributed by atoms with E-state index >= 15 is 0 Å². The molecular formula is C18H21N3O3. The van der Waals surface area contributed by atoms with E-state index < -0.39 is 0 Å². The van der Waals surface area contributed by atoms with Gasteiger partial charge in [0.1, 0.15) is 23.9 Å². The minimum atomic E-state index is 0.0883. The predicted molar refractivity (Wildman–Crippen MR) is 92.6 cm³/mol. The van der Waals surface area contributed by atoms with Crippen LogP contribution in [0.25, 0.3) is 0 Å². The van der Waals surface area contributed by atoms with E-state index in [1.54, 1.807) is 13.3 Å². The van der Waals surface area contributed by atoms with Crippen molar-refractivity contribution in [3.63, 3.8) is 0 Å². The molecule has 1 aliphatic rings. The van der Waals surface area contributed by atoms with Crippen LogP contribution in [0.5, 0.6) is 11.5 Å². The number of aromatic nitrogens is 1. The molecule has 2 N–H and O–H groups in total. The number of carbonyl (C=O) groups is 1. The molecule has 2 aromatic rings. The van der Waals surface area contributed by atoms with Crippen LogP contribution in [0.4, 0.5) is 11.5 Å². The zero-order chi connectivity index (χ0) is 16.8. The highest BCUT2D eigenvalue weighted by molar-refractivity contribution is 5.93. The van der Waals surface area contributed by atoms with Crippen LogP contribution >= 0.6 is 0 Å². The van der Waals surface area contributed by atoms with Gasteiger partial charge in [-0.25, -0.2) is 4.98 Å². The number of nitrogens with one attached hydrogen (secondary N) is 2. The number of nitrogens with zero attached hydrogens (tertiary/aromatic N) is 1. The molecule has 0 saturated heterocycles. The molecule has 1 fully saturated rings. The summed E-state index contributed by atoms with van der Waals surface area (Å²) in [6, 6.07) is 11.1. The lowest BCUT2D eigenvalue weighted by molar-refractivity contribution is -0.117. The van der Waals surface area contributed by atoms with Crippen LogP contribution < -0.4 is 20.1 Å². The van der Waals surface area contributed by atoms with Gasteiger partial charge in [0.2, 0.25) is 5.91 Å². The first-order valence-corrected chi connectivity index (χ1v) is 8.02. The van der Waals surface area contributed by atoms with Gasteiger partial charge in [0.05, 0.1) is 25.5 Å². The highest BCUT2D eigenvalue weighted by Crippen LogP contribution is 2.30. The van der Waals surface area contributed by atoms with Crippen molar-refractivity contribution in [1.82, 2.24) is 4.98 Å². The van der Waals surface area contributed by atoms with Gasteiger partial charge in [0, 0.05) is 5.92 Å². The Balaban J connectivity index is 1.38. The number of hydrogen-bond donors (Lipinski definition) is 2. The molecule has 1 amide bonds. The maximum atomic E-state index is 11.7. The number of methoxy groups -OCH3 is 1. The van der Waals surface area contributed by atoms with Gasteiger partial charge in [-0.1, -0.05) is 0 Å². The summed E-state index contributed by atoms with van der Waals surface area (Å²) >= 11 is 0. The van der Waals surface area contributed by atoms with Crippen LogP contribution in [0.3, 0.4) is 0 Å². The molecule has 24 heavy (non-hydrogen) atoms. The summed E-state index contributed by atoms with van der Waals surface area (Å²) in [6.07, 6.45) is 3.65. The molecule has 0 spiro atoms. The van der Waals surface area contributed by atoms with Crippen molar-refractivity contribution >= 4 is 17.4 Å². The zero-order valence-electron chi connectivity index (χ0n) is 13.6. The Morgan fingerprint density at radius 3 is 2.54 bits per heavy atom. The minimum absolute atomic E-state index is 0.0883. The second kappa shape index (κ2) is 7.68. The van der Waals surface area contributed by atoms with Gasteiger partial charge in [-0.3, -0.25) is 4.79 Å². The molecule has 0 bridgehead atoms. The lowest BCUT2D eigenvalue weighted by Gasteiger charge is -2.09. The van der Waals surface area contributed by atoms with Crippen LogP contribution in [0.15, 0.2) is 42.6 Å². The third kappa shape index (κ3) is 4.62.